The van der Waals surface area contributed by atoms with Gasteiger partial charge in [0, 0.05) is 11.8 Å². The number of hydrogen-bond donors (Lipinski definition) is 2. The van der Waals surface area contributed by atoms with Crippen molar-refractivity contribution in [1.29, 1.82) is 0 Å². The van der Waals surface area contributed by atoms with Crippen molar-refractivity contribution in [2.45, 2.75) is 13.8 Å². The van der Waals surface area contributed by atoms with Crippen molar-refractivity contribution in [1.82, 2.24) is 0 Å². The summed E-state index contributed by atoms with van der Waals surface area (Å²) in [5, 5.41) is 5.57. The maximum atomic E-state index is 11.8. The third-order valence-corrected chi connectivity index (χ3v) is 2.60. The highest BCUT2D eigenvalue weighted by molar-refractivity contribution is 6.00. The molecule has 2 aromatic rings. The Morgan fingerprint density at radius 2 is 1.71 bits per heavy atom. The third kappa shape index (κ3) is 9.69. The Labute approximate surface area is 140 Å². The lowest BCUT2D eigenvalue weighted by Gasteiger charge is -2.17. The van der Waals surface area contributed by atoms with Crippen molar-refractivity contribution in [3.8, 4) is 0 Å². The largest absolute Gasteiger partial charge is 0.412 e. The highest BCUT2D eigenvalue weighted by Crippen LogP contribution is 2.16. The average molecular weight is 360 g/mol. The second-order valence-electron chi connectivity index (χ2n) is 4.57. The van der Waals surface area contributed by atoms with Crippen LogP contribution in [0.1, 0.15) is 11.1 Å². The molecule has 9 nitrogen and oxygen atoms in total. The zero-order valence-electron chi connectivity index (χ0n) is 13.0. The van der Waals surface area contributed by atoms with Crippen LogP contribution in [-0.2, 0) is 0 Å². The van der Waals surface area contributed by atoms with Crippen molar-refractivity contribution >= 4 is 17.4 Å². The number of aryl methyl sites for hydroxylation is 2. The zero-order valence-corrected chi connectivity index (χ0v) is 13.7. The van der Waals surface area contributed by atoms with Crippen LogP contribution in [0.15, 0.2) is 42.7 Å². The maximum Gasteiger partial charge on any atom is 0.323 e. The van der Waals surface area contributed by atoms with Gasteiger partial charge in [0.05, 0.1) is 0 Å². The predicted molar refractivity (Wildman–Crippen MR) is 75.2 cm³/mol. The molecule has 24 heavy (non-hydrogen) atoms. The zero-order chi connectivity index (χ0) is 17.5. The Bertz CT molecular complexity index is 643. The van der Waals surface area contributed by atoms with Crippen LogP contribution in [-0.4, -0.2) is 11.5 Å². The molecule has 0 aliphatic rings. The summed E-state index contributed by atoms with van der Waals surface area (Å²) in [6, 6.07) is 9.30. The number of urea groups is 1. The monoisotopic (exact) mass is 359 g/mol. The number of benzene rings is 1. The molecule has 1 aromatic heterocycles. The van der Waals surface area contributed by atoms with E-state index >= 15 is 0 Å². The highest BCUT2D eigenvalue weighted by Gasteiger charge is 2.05. The van der Waals surface area contributed by atoms with Crippen LogP contribution in [0.25, 0.3) is 0 Å². The summed E-state index contributed by atoms with van der Waals surface area (Å²) < 4.78 is 34.0. The molecule has 0 unspecified atom stereocenters. The van der Waals surface area contributed by atoms with Gasteiger partial charge in [-0.15, -0.1) is 10.2 Å². The van der Waals surface area contributed by atoms with E-state index < -0.39 is 10.2 Å². The van der Waals surface area contributed by atoms with Gasteiger partial charge in [-0.05, 0) is 31.5 Å². The molecular weight excluding hydrogens is 342 g/mol. The van der Waals surface area contributed by atoms with Gasteiger partial charge < -0.3 is 16.1 Å². The molecule has 0 saturated carbocycles. The van der Waals surface area contributed by atoms with E-state index in [9.17, 15) is 4.79 Å². The Morgan fingerprint density at radius 1 is 1.08 bits per heavy atom. The van der Waals surface area contributed by atoms with E-state index in [1.807, 2.05) is 44.2 Å². The van der Waals surface area contributed by atoms with Gasteiger partial charge >= 0.3 is 6.03 Å². The molecule has 0 atom stereocenters. The van der Waals surface area contributed by atoms with Crippen LogP contribution >= 0.6 is 0 Å². The number of carbonyl (C=O) groups excluding carboxylic acids is 1. The number of pyridine rings is 1. The highest BCUT2D eigenvalue weighted by atomic mass is 35.7. The minimum Gasteiger partial charge on any atom is -0.412 e. The van der Waals surface area contributed by atoms with E-state index in [2.05, 4.69) is 15.6 Å². The van der Waals surface area contributed by atoms with E-state index in [4.69, 9.17) is 18.6 Å². The van der Waals surface area contributed by atoms with E-state index in [-0.39, 0.29) is 11.5 Å². The number of H-pyrrole nitrogens is 1. The smallest absolute Gasteiger partial charge is 0.323 e. The number of hydrogen-bond acceptors (Lipinski definition) is 5. The number of halogens is 1. The predicted octanol–water partition coefficient (Wildman–Crippen LogP) is -2.82. The van der Waals surface area contributed by atoms with Gasteiger partial charge in [-0.1, -0.05) is 17.7 Å². The molecule has 5 N–H and O–H groups in total. The second-order valence-corrected chi connectivity index (χ2v) is 5.32. The molecule has 1 heterocycles. The lowest BCUT2D eigenvalue weighted by molar-refractivity contribution is -2.00. The lowest BCUT2D eigenvalue weighted by Crippen LogP contribution is -2.68. The summed E-state index contributed by atoms with van der Waals surface area (Å²) >= 11 is 0. The van der Waals surface area contributed by atoms with Crippen molar-refractivity contribution in [3.05, 3.63) is 53.9 Å². The fourth-order valence-electron chi connectivity index (χ4n) is 1.71. The van der Waals surface area contributed by atoms with E-state index in [0.717, 1.165) is 16.9 Å². The van der Waals surface area contributed by atoms with Crippen LogP contribution in [0.5, 0.6) is 0 Å². The third-order valence-electron chi connectivity index (χ3n) is 2.60. The minimum absolute atomic E-state index is 0. The molecule has 0 spiro atoms. The number of amides is 2. The summed E-state index contributed by atoms with van der Waals surface area (Å²) in [5.74, 6) is 0. The molecule has 0 radical (unpaired) electrons. The van der Waals surface area contributed by atoms with Crippen molar-refractivity contribution in [2.75, 3.05) is 10.6 Å². The fourth-order valence-corrected chi connectivity index (χ4v) is 1.71. The number of aromatic amines is 1. The number of nitrogens with one attached hydrogen (secondary N) is 3. The summed E-state index contributed by atoms with van der Waals surface area (Å²) in [6.07, 6.45) is 3.51. The first kappa shape index (κ1) is 21.7. The van der Waals surface area contributed by atoms with Crippen LogP contribution in [0, 0.1) is 24.1 Å². The molecular formula is C14H18ClN3O6. The van der Waals surface area contributed by atoms with Crippen molar-refractivity contribution < 1.29 is 44.1 Å². The number of rotatable bonds is 2. The molecule has 2 amide bonds. The average Bonchev–Trinajstić information content (AvgIpc) is 2.41. The molecule has 2 rings (SSSR count). The van der Waals surface area contributed by atoms with Gasteiger partial charge in [0.1, 0.15) is 5.69 Å². The van der Waals surface area contributed by atoms with Gasteiger partial charge in [-0.2, -0.15) is 0 Å². The quantitative estimate of drug-likeness (QED) is 0.585. The standard InChI is InChI=1S/C14H15N3O.ClHO4.H2O/c1-10-5-6-13(11(2)8-10)17-14(18)16-12-4-3-7-15-9-12;2-1(3,4)5;/h3-9H,1-2H3,(H2,16,17,18);(H,2,3,4,5);1H2. The normalized spacial score (nSPS) is 9.92. The first-order chi connectivity index (χ1) is 10.6. The lowest BCUT2D eigenvalue weighted by atomic mass is 10.1. The molecule has 1 aromatic carbocycles. The molecule has 0 fully saturated rings. The maximum absolute atomic E-state index is 11.8. The minimum atomic E-state index is -4.94. The second kappa shape index (κ2) is 9.78. The summed E-state index contributed by atoms with van der Waals surface area (Å²) in [5.41, 5.74) is 3.76. The molecule has 0 aliphatic carbocycles. The number of anilines is 2. The van der Waals surface area contributed by atoms with Crippen LogP contribution in [0.3, 0.4) is 0 Å². The summed E-state index contributed by atoms with van der Waals surface area (Å²) in [7, 11) is -4.94. The fraction of sp³-hybridized carbons (Fsp3) is 0.143. The molecule has 0 saturated heterocycles. The van der Waals surface area contributed by atoms with Gasteiger partial charge in [-0.25, -0.2) is 28.4 Å². The molecule has 132 valence electrons. The Kier molecular flexibility index (Phi) is 8.85. The SMILES string of the molecule is Cc1ccc(NC(=O)Nc2ccc[nH+]c2)c(C)c1.O.[O-][Cl+3]([O-])([O-])[O-]. The van der Waals surface area contributed by atoms with Gasteiger partial charge in [0.25, 0.3) is 0 Å². The van der Waals surface area contributed by atoms with Gasteiger partial charge in [-0.3, -0.25) is 0 Å². The Hall–Kier alpha value is -2.27. The Morgan fingerprint density at radius 3 is 2.21 bits per heavy atom. The number of carbonyl (C=O) groups is 1. The van der Waals surface area contributed by atoms with Gasteiger partial charge in [0.15, 0.2) is 12.4 Å². The van der Waals surface area contributed by atoms with Crippen molar-refractivity contribution in [3.63, 3.8) is 0 Å². The number of aromatic nitrogens is 1. The first-order valence-corrected chi connectivity index (χ1v) is 7.62. The van der Waals surface area contributed by atoms with Crippen LogP contribution < -0.4 is 34.3 Å². The van der Waals surface area contributed by atoms with E-state index in [1.54, 1.807) is 12.4 Å². The molecule has 0 aliphatic heterocycles. The van der Waals surface area contributed by atoms with Crippen LogP contribution in [0.4, 0.5) is 16.2 Å². The van der Waals surface area contributed by atoms with Crippen LogP contribution in [0.2, 0.25) is 0 Å². The van der Waals surface area contributed by atoms with E-state index in [1.165, 1.54) is 5.56 Å². The molecule has 0 bridgehead atoms. The summed E-state index contributed by atoms with van der Waals surface area (Å²) in [4.78, 5) is 14.7. The van der Waals surface area contributed by atoms with Gasteiger partial charge in [0.2, 0.25) is 0 Å². The van der Waals surface area contributed by atoms with E-state index in [0.29, 0.717) is 0 Å². The topological polar surface area (TPSA) is 179 Å². The first-order valence-electron chi connectivity index (χ1n) is 6.38. The van der Waals surface area contributed by atoms with Crippen molar-refractivity contribution in [2.24, 2.45) is 0 Å². The Balaban J connectivity index is 0.000000777. The summed E-state index contributed by atoms with van der Waals surface area (Å²) in [6.45, 7) is 4.00. The molecule has 10 heteroatoms.